The third kappa shape index (κ3) is 4.20. The van der Waals surface area contributed by atoms with Crippen LogP contribution in [0.25, 0.3) is 0 Å². The number of carbonyl (C=O) groups excluding carboxylic acids is 1. The number of amides is 1. The topological polar surface area (TPSA) is 73.2 Å². The van der Waals surface area contributed by atoms with E-state index >= 15 is 0 Å². The standard InChI is InChI=1S/C17H17F2N3O3/c1-10(22-15(23)8-7-14(21-22)11-5-6-11)16(24)20-12-3-2-4-13(9-12)25-17(18)19/h2-4,7-11,17H,5-6H2,1H3,(H,20,24). The predicted molar refractivity (Wildman–Crippen MR) is 86.9 cm³/mol. The minimum Gasteiger partial charge on any atom is -0.435 e. The molecule has 1 amide bonds. The molecule has 25 heavy (non-hydrogen) atoms. The number of aromatic nitrogens is 2. The second kappa shape index (κ2) is 7.00. The first-order valence-corrected chi connectivity index (χ1v) is 7.89. The fraction of sp³-hybridized carbons (Fsp3) is 0.353. The van der Waals surface area contributed by atoms with Crippen molar-refractivity contribution in [1.29, 1.82) is 0 Å². The number of hydrogen-bond acceptors (Lipinski definition) is 4. The van der Waals surface area contributed by atoms with Crippen LogP contribution in [0.2, 0.25) is 0 Å². The van der Waals surface area contributed by atoms with Gasteiger partial charge in [-0.05, 0) is 38.0 Å². The van der Waals surface area contributed by atoms with Gasteiger partial charge in [0.15, 0.2) is 0 Å². The number of hydrogen-bond donors (Lipinski definition) is 1. The minimum atomic E-state index is -2.95. The number of nitrogens with zero attached hydrogens (tertiary/aromatic N) is 2. The van der Waals surface area contributed by atoms with Crippen LogP contribution in [-0.4, -0.2) is 22.3 Å². The Morgan fingerprint density at radius 2 is 2.08 bits per heavy atom. The number of anilines is 1. The van der Waals surface area contributed by atoms with E-state index in [0.29, 0.717) is 11.6 Å². The van der Waals surface area contributed by atoms with Crippen LogP contribution < -0.4 is 15.6 Å². The van der Waals surface area contributed by atoms with Gasteiger partial charge in [-0.3, -0.25) is 9.59 Å². The maximum Gasteiger partial charge on any atom is 0.387 e. The lowest BCUT2D eigenvalue weighted by Crippen LogP contribution is -2.33. The molecule has 8 heteroatoms. The lowest BCUT2D eigenvalue weighted by molar-refractivity contribution is -0.119. The van der Waals surface area contributed by atoms with Gasteiger partial charge < -0.3 is 10.1 Å². The zero-order chi connectivity index (χ0) is 18.0. The molecule has 1 aliphatic carbocycles. The first-order valence-electron chi connectivity index (χ1n) is 7.89. The third-order valence-corrected chi connectivity index (χ3v) is 3.91. The number of nitrogens with one attached hydrogen (secondary N) is 1. The van der Waals surface area contributed by atoms with Gasteiger partial charge in [-0.1, -0.05) is 6.07 Å². The molecule has 0 saturated heterocycles. The largest absolute Gasteiger partial charge is 0.435 e. The van der Waals surface area contributed by atoms with Crippen molar-refractivity contribution in [3.05, 3.63) is 52.4 Å². The number of ether oxygens (including phenoxy) is 1. The van der Waals surface area contributed by atoms with Crippen LogP contribution in [0.1, 0.15) is 37.4 Å². The molecule has 0 aliphatic heterocycles. The quantitative estimate of drug-likeness (QED) is 0.870. The Bertz CT molecular complexity index is 834. The van der Waals surface area contributed by atoms with Crippen LogP contribution in [0, 0.1) is 0 Å². The zero-order valence-corrected chi connectivity index (χ0v) is 13.5. The number of rotatable bonds is 6. The second-order valence-corrected chi connectivity index (χ2v) is 5.89. The molecule has 3 rings (SSSR count). The number of alkyl halides is 2. The monoisotopic (exact) mass is 349 g/mol. The molecule has 1 heterocycles. The molecule has 132 valence electrons. The number of carbonyl (C=O) groups is 1. The Morgan fingerprint density at radius 3 is 2.76 bits per heavy atom. The van der Waals surface area contributed by atoms with E-state index in [9.17, 15) is 18.4 Å². The fourth-order valence-corrected chi connectivity index (χ4v) is 2.42. The second-order valence-electron chi connectivity index (χ2n) is 5.89. The predicted octanol–water partition coefficient (Wildman–Crippen LogP) is 2.92. The van der Waals surface area contributed by atoms with Crippen LogP contribution in [0.15, 0.2) is 41.2 Å². The first kappa shape index (κ1) is 17.1. The maximum absolute atomic E-state index is 12.4. The van der Waals surface area contributed by atoms with Crippen molar-refractivity contribution in [3.63, 3.8) is 0 Å². The highest BCUT2D eigenvalue weighted by Gasteiger charge is 2.27. The molecule has 1 fully saturated rings. The molecule has 1 aromatic carbocycles. The molecule has 0 bridgehead atoms. The summed E-state index contributed by atoms with van der Waals surface area (Å²) in [5.41, 5.74) is 0.717. The Kier molecular flexibility index (Phi) is 4.78. The van der Waals surface area contributed by atoms with Gasteiger partial charge in [-0.25, -0.2) is 4.68 Å². The summed E-state index contributed by atoms with van der Waals surface area (Å²) in [5.74, 6) is -0.187. The highest BCUT2D eigenvalue weighted by atomic mass is 19.3. The Morgan fingerprint density at radius 1 is 1.32 bits per heavy atom. The van der Waals surface area contributed by atoms with Gasteiger partial charge in [0, 0.05) is 23.7 Å². The molecule has 1 saturated carbocycles. The van der Waals surface area contributed by atoms with Crippen LogP contribution in [0.3, 0.4) is 0 Å². The summed E-state index contributed by atoms with van der Waals surface area (Å²) in [7, 11) is 0. The van der Waals surface area contributed by atoms with E-state index in [-0.39, 0.29) is 11.3 Å². The van der Waals surface area contributed by atoms with Gasteiger partial charge in [0.2, 0.25) is 5.91 Å². The van der Waals surface area contributed by atoms with E-state index in [4.69, 9.17) is 0 Å². The average molecular weight is 349 g/mol. The summed E-state index contributed by atoms with van der Waals surface area (Å²) < 4.78 is 30.0. The normalized spacial score (nSPS) is 15.0. The fourth-order valence-electron chi connectivity index (χ4n) is 2.42. The Balaban J connectivity index is 1.75. The van der Waals surface area contributed by atoms with Crippen molar-refractivity contribution in [3.8, 4) is 5.75 Å². The first-order chi connectivity index (χ1) is 11.9. The number of benzene rings is 1. The van der Waals surface area contributed by atoms with Crippen molar-refractivity contribution < 1.29 is 18.3 Å². The van der Waals surface area contributed by atoms with Crippen LogP contribution >= 0.6 is 0 Å². The molecule has 1 atom stereocenters. The molecular weight excluding hydrogens is 332 g/mol. The van der Waals surface area contributed by atoms with Crippen LogP contribution in [0.4, 0.5) is 14.5 Å². The summed E-state index contributed by atoms with van der Waals surface area (Å²) in [6, 6.07) is 7.92. The van der Waals surface area contributed by atoms with Gasteiger partial charge in [0.05, 0.1) is 5.69 Å². The molecule has 6 nitrogen and oxygen atoms in total. The molecule has 1 aromatic heterocycles. The van der Waals surface area contributed by atoms with Crippen molar-refractivity contribution >= 4 is 11.6 Å². The lowest BCUT2D eigenvalue weighted by atomic mass is 10.2. The molecule has 0 spiro atoms. The Labute approximate surface area is 142 Å². The smallest absolute Gasteiger partial charge is 0.387 e. The van der Waals surface area contributed by atoms with Crippen LogP contribution in [0.5, 0.6) is 5.75 Å². The molecule has 1 unspecified atom stereocenters. The zero-order valence-electron chi connectivity index (χ0n) is 13.5. The molecule has 0 radical (unpaired) electrons. The van der Waals surface area contributed by atoms with Gasteiger partial charge in [0.1, 0.15) is 11.8 Å². The highest BCUT2D eigenvalue weighted by Crippen LogP contribution is 2.38. The maximum atomic E-state index is 12.4. The van der Waals surface area contributed by atoms with Gasteiger partial charge in [0.25, 0.3) is 5.56 Å². The van der Waals surface area contributed by atoms with Gasteiger partial charge in [-0.15, -0.1) is 0 Å². The minimum absolute atomic E-state index is 0.0634. The van der Waals surface area contributed by atoms with E-state index < -0.39 is 18.6 Å². The van der Waals surface area contributed by atoms with E-state index in [1.807, 2.05) is 0 Å². The third-order valence-electron chi connectivity index (χ3n) is 3.91. The van der Waals surface area contributed by atoms with Gasteiger partial charge in [-0.2, -0.15) is 13.9 Å². The Hall–Kier alpha value is -2.77. The van der Waals surface area contributed by atoms with Crippen LogP contribution in [-0.2, 0) is 4.79 Å². The lowest BCUT2D eigenvalue weighted by Gasteiger charge is -2.15. The van der Waals surface area contributed by atoms with E-state index in [0.717, 1.165) is 23.2 Å². The number of halogens is 2. The SMILES string of the molecule is CC(C(=O)Nc1cccc(OC(F)F)c1)n1nc(C2CC2)ccc1=O. The van der Waals surface area contributed by atoms with E-state index in [2.05, 4.69) is 15.2 Å². The van der Waals surface area contributed by atoms with Gasteiger partial charge >= 0.3 is 6.61 Å². The summed E-state index contributed by atoms with van der Waals surface area (Å²) in [6.45, 7) is -1.39. The van der Waals surface area contributed by atoms with Crippen molar-refractivity contribution in [2.24, 2.45) is 0 Å². The van der Waals surface area contributed by atoms with Crippen molar-refractivity contribution in [2.45, 2.75) is 38.3 Å². The molecular formula is C17H17F2N3O3. The molecule has 2 aromatic rings. The van der Waals surface area contributed by atoms with Crippen molar-refractivity contribution in [1.82, 2.24) is 9.78 Å². The van der Waals surface area contributed by atoms with E-state index in [1.54, 1.807) is 19.1 Å². The average Bonchev–Trinajstić information content (AvgIpc) is 3.39. The summed E-state index contributed by atoms with van der Waals surface area (Å²) >= 11 is 0. The summed E-state index contributed by atoms with van der Waals surface area (Å²) in [6.07, 6.45) is 2.06. The summed E-state index contributed by atoms with van der Waals surface area (Å²) in [4.78, 5) is 24.4. The van der Waals surface area contributed by atoms with Crippen molar-refractivity contribution in [2.75, 3.05) is 5.32 Å². The van der Waals surface area contributed by atoms with E-state index in [1.165, 1.54) is 24.3 Å². The molecule has 1 N–H and O–H groups in total. The summed E-state index contributed by atoms with van der Waals surface area (Å²) in [5, 5.41) is 6.86. The highest BCUT2D eigenvalue weighted by molar-refractivity contribution is 5.93. The molecule has 1 aliphatic rings.